The van der Waals surface area contributed by atoms with Gasteiger partial charge in [-0.3, -0.25) is 0 Å². The van der Waals surface area contributed by atoms with E-state index in [1.807, 2.05) is 0 Å². The minimum Gasteiger partial charge on any atom is -0.396 e. The highest BCUT2D eigenvalue weighted by Crippen LogP contribution is 2.39. The third-order valence-electron chi connectivity index (χ3n) is 3.82. The lowest BCUT2D eigenvalue weighted by atomic mass is 10.2. The number of hydrogen-bond donors (Lipinski definition) is 1. The van der Waals surface area contributed by atoms with Crippen molar-refractivity contribution in [3.8, 4) is 0 Å². The molecule has 2 aliphatic rings. The van der Waals surface area contributed by atoms with Crippen molar-refractivity contribution in [1.29, 1.82) is 0 Å². The second-order valence-electron chi connectivity index (χ2n) is 5.14. The second-order valence-corrected chi connectivity index (χ2v) is 5.14. The van der Waals surface area contributed by atoms with Crippen molar-refractivity contribution in [1.82, 2.24) is 4.90 Å². The normalized spacial score (nSPS) is 27.4. The highest BCUT2D eigenvalue weighted by atomic mass is 16.7. The quantitative estimate of drug-likeness (QED) is 0.765. The minimum absolute atomic E-state index is 0.215. The van der Waals surface area contributed by atoms with Crippen LogP contribution >= 0.6 is 0 Å². The Morgan fingerprint density at radius 2 is 2.12 bits per heavy atom. The van der Waals surface area contributed by atoms with Gasteiger partial charge in [0.05, 0.1) is 12.7 Å². The van der Waals surface area contributed by atoms with E-state index in [2.05, 4.69) is 11.8 Å². The zero-order valence-electron chi connectivity index (χ0n) is 10.9. The van der Waals surface area contributed by atoms with Crippen LogP contribution in [0.2, 0.25) is 0 Å². The highest BCUT2D eigenvalue weighted by Gasteiger charge is 2.43. The van der Waals surface area contributed by atoms with Crippen LogP contribution in [0.3, 0.4) is 0 Å². The third-order valence-corrected chi connectivity index (χ3v) is 3.82. The van der Waals surface area contributed by atoms with E-state index in [0.717, 1.165) is 45.5 Å². The van der Waals surface area contributed by atoms with E-state index in [1.165, 1.54) is 12.8 Å². The average molecular weight is 243 g/mol. The van der Waals surface area contributed by atoms with Crippen molar-refractivity contribution in [2.24, 2.45) is 0 Å². The van der Waals surface area contributed by atoms with Crippen LogP contribution in [0.15, 0.2) is 0 Å². The SMILES string of the molecule is CCN(CCCO)CC1COC2(CCCC2)O1. The lowest BCUT2D eigenvalue weighted by Crippen LogP contribution is -2.36. The topological polar surface area (TPSA) is 41.9 Å². The van der Waals surface area contributed by atoms with Crippen molar-refractivity contribution in [3.05, 3.63) is 0 Å². The molecule has 1 saturated carbocycles. The van der Waals surface area contributed by atoms with E-state index in [1.54, 1.807) is 0 Å². The first-order chi connectivity index (χ1) is 8.28. The van der Waals surface area contributed by atoms with E-state index in [-0.39, 0.29) is 18.5 Å². The number of ether oxygens (including phenoxy) is 2. The molecule has 4 nitrogen and oxygen atoms in total. The van der Waals surface area contributed by atoms with Crippen LogP contribution in [0.5, 0.6) is 0 Å². The largest absolute Gasteiger partial charge is 0.396 e. The maximum atomic E-state index is 8.86. The predicted octanol–water partition coefficient (Wildman–Crippen LogP) is 1.38. The molecule has 1 N–H and O–H groups in total. The fraction of sp³-hybridized carbons (Fsp3) is 1.00. The van der Waals surface area contributed by atoms with Crippen molar-refractivity contribution >= 4 is 0 Å². The van der Waals surface area contributed by atoms with Gasteiger partial charge in [0.15, 0.2) is 5.79 Å². The Labute approximate surface area is 104 Å². The van der Waals surface area contributed by atoms with Crippen LogP contribution in [-0.2, 0) is 9.47 Å². The van der Waals surface area contributed by atoms with Gasteiger partial charge in [-0.1, -0.05) is 6.92 Å². The van der Waals surface area contributed by atoms with Gasteiger partial charge in [0.25, 0.3) is 0 Å². The maximum absolute atomic E-state index is 8.86. The molecule has 0 aromatic rings. The number of nitrogens with zero attached hydrogens (tertiary/aromatic N) is 1. The molecule has 0 aromatic heterocycles. The molecule has 1 unspecified atom stereocenters. The molecule has 100 valence electrons. The van der Waals surface area contributed by atoms with Gasteiger partial charge in [-0.25, -0.2) is 0 Å². The summed E-state index contributed by atoms with van der Waals surface area (Å²) in [5.41, 5.74) is 0. The fourth-order valence-corrected chi connectivity index (χ4v) is 2.84. The smallest absolute Gasteiger partial charge is 0.168 e. The zero-order valence-corrected chi connectivity index (χ0v) is 10.9. The Morgan fingerprint density at radius 3 is 2.76 bits per heavy atom. The van der Waals surface area contributed by atoms with Crippen molar-refractivity contribution < 1.29 is 14.6 Å². The first-order valence-corrected chi connectivity index (χ1v) is 6.93. The van der Waals surface area contributed by atoms with Crippen molar-refractivity contribution in [2.45, 2.75) is 50.9 Å². The van der Waals surface area contributed by atoms with Crippen LogP contribution in [0, 0.1) is 0 Å². The summed E-state index contributed by atoms with van der Waals surface area (Å²) in [4.78, 5) is 2.33. The van der Waals surface area contributed by atoms with Crippen molar-refractivity contribution in [3.63, 3.8) is 0 Å². The standard InChI is InChI=1S/C13H25NO3/c1-2-14(8-5-9-15)10-12-11-16-13(17-12)6-3-4-7-13/h12,15H,2-11H2,1H3. The number of aliphatic hydroxyl groups is 1. The molecule has 17 heavy (non-hydrogen) atoms. The molecule has 0 aromatic carbocycles. The Balaban J connectivity index is 1.75. The van der Waals surface area contributed by atoms with Gasteiger partial charge in [0.2, 0.25) is 0 Å². The molecular weight excluding hydrogens is 218 g/mol. The minimum atomic E-state index is -0.235. The average Bonchev–Trinajstić information content (AvgIpc) is 2.96. The van der Waals surface area contributed by atoms with Crippen LogP contribution in [-0.4, -0.2) is 54.7 Å². The van der Waals surface area contributed by atoms with Crippen LogP contribution in [0.4, 0.5) is 0 Å². The first kappa shape index (κ1) is 13.3. The van der Waals surface area contributed by atoms with Gasteiger partial charge in [0, 0.05) is 32.5 Å². The Hall–Kier alpha value is -0.160. The Bertz CT molecular complexity index is 229. The first-order valence-electron chi connectivity index (χ1n) is 6.93. The number of aliphatic hydroxyl groups excluding tert-OH is 1. The van der Waals surface area contributed by atoms with Crippen LogP contribution in [0.1, 0.15) is 39.0 Å². The Kier molecular flexibility index (Phi) is 4.79. The summed E-state index contributed by atoms with van der Waals surface area (Å²) in [6.07, 6.45) is 5.64. The molecule has 1 aliphatic carbocycles. The van der Waals surface area contributed by atoms with E-state index in [9.17, 15) is 0 Å². The third kappa shape index (κ3) is 3.41. The fourth-order valence-electron chi connectivity index (χ4n) is 2.84. The summed E-state index contributed by atoms with van der Waals surface area (Å²) in [6.45, 7) is 6.03. The molecule has 0 radical (unpaired) electrons. The molecule has 4 heteroatoms. The van der Waals surface area contributed by atoms with E-state index in [0.29, 0.717) is 0 Å². The summed E-state index contributed by atoms with van der Waals surface area (Å²) >= 11 is 0. The van der Waals surface area contributed by atoms with Gasteiger partial charge < -0.3 is 19.5 Å². The number of rotatable bonds is 6. The Morgan fingerprint density at radius 1 is 1.35 bits per heavy atom. The summed E-state index contributed by atoms with van der Waals surface area (Å²) < 4.78 is 12.0. The predicted molar refractivity (Wildman–Crippen MR) is 65.8 cm³/mol. The van der Waals surface area contributed by atoms with Gasteiger partial charge in [0.1, 0.15) is 0 Å². The zero-order chi connectivity index (χ0) is 12.1. The highest BCUT2D eigenvalue weighted by molar-refractivity contribution is 4.85. The molecule has 1 atom stereocenters. The van der Waals surface area contributed by atoms with Gasteiger partial charge in [-0.15, -0.1) is 0 Å². The lowest BCUT2D eigenvalue weighted by Gasteiger charge is -2.25. The molecule has 1 aliphatic heterocycles. The molecule has 1 heterocycles. The van der Waals surface area contributed by atoms with Gasteiger partial charge in [-0.2, -0.15) is 0 Å². The molecule has 0 bridgehead atoms. The van der Waals surface area contributed by atoms with E-state index < -0.39 is 0 Å². The molecule has 2 rings (SSSR count). The second kappa shape index (κ2) is 6.14. The molecular formula is C13H25NO3. The summed E-state index contributed by atoms with van der Waals surface area (Å²) in [7, 11) is 0. The van der Waals surface area contributed by atoms with E-state index in [4.69, 9.17) is 14.6 Å². The van der Waals surface area contributed by atoms with Gasteiger partial charge in [-0.05, 0) is 25.8 Å². The maximum Gasteiger partial charge on any atom is 0.168 e. The molecule has 0 amide bonds. The van der Waals surface area contributed by atoms with Gasteiger partial charge >= 0.3 is 0 Å². The van der Waals surface area contributed by atoms with Crippen molar-refractivity contribution in [2.75, 3.05) is 32.8 Å². The molecule has 2 fully saturated rings. The summed E-state index contributed by atoms with van der Waals surface area (Å²) in [5.74, 6) is -0.235. The monoisotopic (exact) mass is 243 g/mol. The van der Waals surface area contributed by atoms with Crippen LogP contribution < -0.4 is 0 Å². The summed E-state index contributed by atoms with van der Waals surface area (Å²) in [5, 5.41) is 8.86. The summed E-state index contributed by atoms with van der Waals surface area (Å²) in [6, 6.07) is 0. The van der Waals surface area contributed by atoms with E-state index >= 15 is 0 Å². The lowest BCUT2D eigenvalue weighted by molar-refractivity contribution is -0.163. The van der Waals surface area contributed by atoms with Crippen LogP contribution in [0.25, 0.3) is 0 Å². The molecule has 1 saturated heterocycles. The number of hydrogen-bond acceptors (Lipinski definition) is 4. The number of likely N-dealkylation sites (N-methyl/N-ethyl adjacent to an activating group) is 1. The molecule has 1 spiro atoms.